The minimum absolute atomic E-state index is 0.276. The van der Waals surface area contributed by atoms with Gasteiger partial charge >= 0.3 is 27.1 Å². The van der Waals surface area contributed by atoms with Crippen LogP contribution in [0.15, 0.2) is 60.7 Å². The molecule has 0 saturated heterocycles. The summed E-state index contributed by atoms with van der Waals surface area (Å²) in [6.07, 6.45) is 1.06. The van der Waals surface area contributed by atoms with Gasteiger partial charge in [-0.2, -0.15) is 0 Å². The van der Waals surface area contributed by atoms with Gasteiger partial charge in [0, 0.05) is 0 Å². The van der Waals surface area contributed by atoms with Crippen molar-refractivity contribution in [3.63, 3.8) is 0 Å². The standard InChI is InChI=1S/C14H16NP.CO.Ru/c15-11-12-16(13-7-3-1-4-8-13)14-9-5-2-6-10-14;1-2;/h1-10H,11-12,15H2;;. The van der Waals surface area contributed by atoms with Crippen molar-refractivity contribution in [3.8, 4) is 0 Å². The fourth-order valence-electron chi connectivity index (χ4n) is 1.75. The fraction of sp³-hybridized carbons (Fsp3) is 0.133. The Morgan fingerprint density at radius 3 is 1.63 bits per heavy atom. The quantitative estimate of drug-likeness (QED) is 0.668. The van der Waals surface area contributed by atoms with Crippen LogP contribution in [0, 0.1) is 0 Å². The van der Waals surface area contributed by atoms with E-state index in [0.717, 1.165) is 12.7 Å². The van der Waals surface area contributed by atoms with Gasteiger partial charge in [0.1, 0.15) is 0 Å². The molecule has 19 heavy (non-hydrogen) atoms. The van der Waals surface area contributed by atoms with E-state index in [1.807, 2.05) is 0 Å². The zero-order valence-corrected chi connectivity index (χ0v) is 13.1. The molecule has 0 bridgehead atoms. The summed E-state index contributed by atoms with van der Waals surface area (Å²) in [7, 11) is -0.276. The second-order valence-electron chi connectivity index (χ2n) is 3.68. The number of benzene rings is 2. The summed E-state index contributed by atoms with van der Waals surface area (Å²) in [5, 5.41) is 2.82. The first-order valence-electron chi connectivity index (χ1n) is 5.87. The molecular weight excluding hydrogens is 342 g/mol. The third-order valence-electron chi connectivity index (χ3n) is 2.49. The van der Waals surface area contributed by atoms with Gasteiger partial charge < -0.3 is 5.73 Å². The number of hydrogen-bond donors (Lipinski definition) is 1. The zero-order valence-electron chi connectivity index (χ0n) is 10.5. The Labute approximate surface area is 125 Å². The maximum absolute atomic E-state index is 8.65. The van der Waals surface area contributed by atoms with Crippen LogP contribution in [0.1, 0.15) is 0 Å². The van der Waals surface area contributed by atoms with Gasteiger partial charge in [-0.15, -0.1) is 0 Å². The molecule has 0 aromatic heterocycles. The molecule has 0 radical (unpaired) electrons. The zero-order chi connectivity index (χ0) is 13.9. The van der Waals surface area contributed by atoms with Crippen LogP contribution in [-0.4, -0.2) is 17.2 Å². The molecule has 0 atom stereocenters. The number of rotatable bonds is 4. The average molecular weight is 358 g/mol. The normalized spacial score (nSPS) is 9.42. The van der Waals surface area contributed by atoms with Gasteiger partial charge in [-0.05, 0) is 31.2 Å². The molecular formula is C15H16NOPRu. The van der Waals surface area contributed by atoms with E-state index in [1.54, 1.807) is 17.9 Å². The van der Waals surface area contributed by atoms with Crippen molar-refractivity contribution in [2.75, 3.05) is 12.7 Å². The van der Waals surface area contributed by atoms with Crippen LogP contribution in [0.3, 0.4) is 0 Å². The first kappa shape index (κ1) is 16.1. The maximum atomic E-state index is 8.65. The van der Waals surface area contributed by atoms with Crippen LogP contribution in [-0.2, 0) is 22.6 Å². The molecule has 2 N–H and O–H groups in total. The molecule has 0 aliphatic heterocycles. The van der Waals surface area contributed by atoms with Crippen LogP contribution < -0.4 is 16.3 Å². The topological polar surface area (TPSA) is 43.1 Å². The minimum atomic E-state index is -0.276. The molecule has 2 nitrogen and oxygen atoms in total. The van der Waals surface area contributed by atoms with Crippen LogP contribution in [0.4, 0.5) is 0 Å². The van der Waals surface area contributed by atoms with Gasteiger partial charge in [0.25, 0.3) is 0 Å². The average Bonchev–Trinajstić information content (AvgIpc) is 2.47. The van der Waals surface area contributed by atoms with Gasteiger partial charge in [-0.25, -0.2) is 0 Å². The Bertz CT molecular complexity index is 459. The third kappa shape index (κ3) is 5.68. The van der Waals surface area contributed by atoms with Crippen molar-refractivity contribution in [2.45, 2.75) is 0 Å². The van der Waals surface area contributed by atoms with Gasteiger partial charge in [0.05, 0.1) is 0 Å². The Balaban J connectivity index is 0.000000550. The molecule has 0 spiro atoms. The molecule has 2 aromatic rings. The molecule has 0 amide bonds. The van der Waals surface area contributed by atoms with Gasteiger partial charge in [-0.3, -0.25) is 0 Å². The van der Waals surface area contributed by atoms with Gasteiger partial charge in [0.15, 0.2) is 0 Å². The van der Waals surface area contributed by atoms with E-state index in [1.165, 1.54) is 15.1 Å². The predicted molar refractivity (Wildman–Crippen MR) is 78.7 cm³/mol. The predicted octanol–water partition coefficient (Wildman–Crippen LogP) is 1.68. The Morgan fingerprint density at radius 1 is 0.947 bits per heavy atom. The first-order valence-corrected chi connectivity index (χ1v) is 8.27. The second-order valence-corrected chi connectivity index (χ2v) is 6.37. The molecule has 0 heterocycles. The van der Waals surface area contributed by atoms with Crippen molar-refractivity contribution >= 4 is 23.0 Å². The number of carbonyl (C=O) groups excluding carboxylic acids is 1. The van der Waals surface area contributed by atoms with Crippen molar-refractivity contribution in [2.24, 2.45) is 5.73 Å². The van der Waals surface area contributed by atoms with Crippen LogP contribution in [0.5, 0.6) is 0 Å². The second kappa shape index (κ2) is 9.90. The van der Waals surface area contributed by atoms with Gasteiger partial charge in [-0.1, -0.05) is 60.7 Å². The van der Waals surface area contributed by atoms with Crippen molar-refractivity contribution in [1.82, 2.24) is 0 Å². The molecule has 2 rings (SSSR count). The monoisotopic (exact) mass is 359 g/mol. The first-order chi connectivity index (χ1) is 9.33. The summed E-state index contributed by atoms with van der Waals surface area (Å²) in [5.41, 5.74) is 5.72. The van der Waals surface area contributed by atoms with E-state index in [9.17, 15) is 0 Å². The summed E-state index contributed by atoms with van der Waals surface area (Å²) < 4.78 is 1.43. The summed E-state index contributed by atoms with van der Waals surface area (Å²) in [5.74, 6) is 0. The Morgan fingerprint density at radius 2 is 1.32 bits per heavy atom. The Kier molecular flexibility index (Phi) is 8.38. The fourth-order valence-corrected chi connectivity index (χ4v) is 3.89. The molecule has 0 aliphatic carbocycles. The number of hydrogen-bond acceptors (Lipinski definition) is 2. The third-order valence-corrected chi connectivity index (χ3v) is 5.04. The van der Waals surface area contributed by atoms with Crippen molar-refractivity contribution in [1.29, 1.82) is 0 Å². The van der Waals surface area contributed by atoms with E-state index in [-0.39, 0.29) is 7.92 Å². The molecule has 0 saturated carbocycles. The van der Waals surface area contributed by atoms with E-state index >= 15 is 0 Å². The van der Waals surface area contributed by atoms with E-state index in [4.69, 9.17) is 10.5 Å². The van der Waals surface area contributed by atoms with E-state index in [2.05, 4.69) is 60.7 Å². The van der Waals surface area contributed by atoms with E-state index < -0.39 is 0 Å². The SMILES string of the molecule is NCCP(c1ccccc1)c1ccccc1.O=[C]=[Ru]. The number of nitrogens with two attached hydrogens (primary N) is 1. The molecule has 2 aromatic carbocycles. The summed E-state index contributed by atoms with van der Waals surface area (Å²) in [6.45, 7) is 0.746. The molecule has 0 unspecified atom stereocenters. The Hall–Kier alpha value is -0.967. The molecule has 100 valence electrons. The molecule has 4 heteroatoms. The van der Waals surface area contributed by atoms with Crippen LogP contribution in [0.25, 0.3) is 0 Å². The van der Waals surface area contributed by atoms with Gasteiger partial charge in [0.2, 0.25) is 0 Å². The summed E-state index contributed by atoms with van der Waals surface area (Å²) >= 11 is 1.70. The molecule has 0 aliphatic rings. The summed E-state index contributed by atoms with van der Waals surface area (Å²) in [6, 6.07) is 21.3. The van der Waals surface area contributed by atoms with E-state index in [0.29, 0.717) is 0 Å². The van der Waals surface area contributed by atoms with Crippen LogP contribution in [0.2, 0.25) is 0 Å². The van der Waals surface area contributed by atoms with Crippen LogP contribution >= 0.6 is 7.92 Å². The molecule has 0 fully saturated rings. The van der Waals surface area contributed by atoms with Crippen molar-refractivity contribution in [3.05, 3.63) is 60.7 Å². The summed E-state index contributed by atoms with van der Waals surface area (Å²) in [4.78, 5) is 8.65. The van der Waals surface area contributed by atoms with Crippen molar-refractivity contribution < 1.29 is 22.6 Å².